The second-order valence-corrected chi connectivity index (χ2v) is 7.19. The van der Waals surface area contributed by atoms with Crippen LogP contribution in [-0.4, -0.2) is 14.5 Å². The molecule has 0 saturated heterocycles. The summed E-state index contributed by atoms with van der Waals surface area (Å²) >= 11 is 2.90. The summed E-state index contributed by atoms with van der Waals surface area (Å²) in [5.41, 5.74) is 0. The van der Waals surface area contributed by atoms with Crippen molar-refractivity contribution in [1.82, 2.24) is 4.72 Å². The number of halogens is 3. The van der Waals surface area contributed by atoms with Crippen molar-refractivity contribution in [3.8, 4) is 0 Å². The van der Waals surface area contributed by atoms with Crippen LogP contribution in [0.2, 0.25) is 0 Å². The molecule has 0 aliphatic carbocycles. The van der Waals surface area contributed by atoms with Gasteiger partial charge < -0.3 is 0 Å². The van der Waals surface area contributed by atoms with E-state index in [4.69, 9.17) is 0 Å². The van der Waals surface area contributed by atoms with Crippen LogP contribution in [0.3, 0.4) is 0 Å². The van der Waals surface area contributed by atoms with Crippen molar-refractivity contribution < 1.29 is 17.2 Å². The van der Waals surface area contributed by atoms with E-state index in [1.54, 1.807) is 6.92 Å². The minimum Gasteiger partial charge on any atom is -0.208 e. The van der Waals surface area contributed by atoms with Crippen LogP contribution in [0.15, 0.2) is 21.5 Å². The zero-order valence-corrected chi connectivity index (χ0v) is 14.0. The van der Waals surface area contributed by atoms with E-state index in [0.717, 1.165) is 18.9 Å². The number of hydrogen-bond acceptors (Lipinski definition) is 2. The summed E-state index contributed by atoms with van der Waals surface area (Å²) in [6.07, 6.45) is 1.63. The minimum atomic E-state index is -4.04. The van der Waals surface area contributed by atoms with Crippen LogP contribution < -0.4 is 4.72 Å². The average Bonchev–Trinajstić information content (AvgIpc) is 2.27. The molecule has 0 aromatic heterocycles. The van der Waals surface area contributed by atoms with E-state index in [9.17, 15) is 17.2 Å². The highest BCUT2D eigenvalue weighted by atomic mass is 79.9. The van der Waals surface area contributed by atoms with Gasteiger partial charge in [-0.3, -0.25) is 0 Å². The molecule has 0 fully saturated rings. The fraction of sp³-hybridized carbons (Fsp3) is 0.538. The van der Waals surface area contributed by atoms with Gasteiger partial charge >= 0.3 is 0 Å². The van der Waals surface area contributed by atoms with Crippen molar-refractivity contribution in [2.24, 2.45) is 5.92 Å². The number of benzene rings is 1. The summed E-state index contributed by atoms with van der Waals surface area (Å²) in [4.78, 5) is -0.559. The van der Waals surface area contributed by atoms with Crippen molar-refractivity contribution in [2.45, 2.75) is 44.6 Å². The first-order chi connectivity index (χ1) is 9.22. The van der Waals surface area contributed by atoms with Gasteiger partial charge in [0.15, 0.2) is 0 Å². The lowest BCUT2D eigenvalue weighted by Gasteiger charge is -2.22. The third-order valence-corrected chi connectivity index (χ3v) is 5.85. The van der Waals surface area contributed by atoms with Crippen molar-refractivity contribution in [3.05, 3.63) is 28.2 Å². The predicted octanol–water partition coefficient (Wildman–Crippen LogP) is 3.83. The average molecular weight is 370 g/mol. The lowest BCUT2D eigenvalue weighted by Crippen LogP contribution is -2.38. The van der Waals surface area contributed by atoms with Crippen molar-refractivity contribution >= 4 is 26.0 Å². The van der Waals surface area contributed by atoms with Gasteiger partial charge in [-0.2, -0.15) is 0 Å². The molecule has 20 heavy (non-hydrogen) atoms. The van der Waals surface area contributed by atoms with Gasteiger partial charge in [-0.05, 0) is 34.8 Å². The Hall–Kier alpha value is -0.530. The molecule has 1 atom stereocenters. The molecule has 1 rings (SSSR count). The van der Waals surface area contributed by atoms with Crippen LogP contribution in [0.1, 0.15) is 33.6 Å². The lowest BCUT2D eigenvalue weighted by molar-refractivity contribution is 0.390. The van der Waals surface area contributed by atoms with Gasteiger partial charge in [0.2, 0.25) is 10.0 Å². The van der Waals surface area contributed by atoms with E-state index in [2.05, 4.69) is 20.7 Å². The Kier molecular flexibility index (Phi) is 6.09. The second kappa shape index (κ2) is 6.95. The molecule has 0 aliphatic rings. The quantitative estimate of drug-likeness (QED) is 0.827. The number of sulfonamides is 1. The summed E-state index contributed by atoms with van der Waals surface area (Å²) in [5, 5.41) is 0. The van der Waals surface area contributed by atoms with Crippen molar-refractivity contribution in [2.75, 3.05) is 0 Å². The summed E-state index contributed by atoms with van der Waals surface area (Å²) in [5.74, 6) is -1.78. The van der Waals surface area contributed by atoms with E-state index in [-0.39, 0.29) is 16.4 Å². The van der Waals surface area contributed by atoms with E-state index < -0.39 is 26.6 Å². The summed E-state index contributed by atoms with van der Waals surface area (Å²) in [6, 6.07) is 1.16. The summed E-state index contributed by atoms with van der Waals surface area (Å²) in [7, 11) is -4.04. The third-order valence-electron chi connectivity index (χ3n) is 3.33. The topological polar surface area (TPSA) is 46.2 Å². The number of rotatable bonds is 6. The first-order valence-electron chi connectivity index (χ1n) is 6.39. The largest absolute Gasteiger partial charge is 0.244 e. The Morgan fingerprint density at radius 2 is 1.80 bits per heavy atom. The molecule has 1 aromatic carbocycles. The fourth-order valence-electron chi connectivity index (χ4n) is 2.18. The SMILES string of the molecule is CCC(CC)C(C)NS(=O)(=O)c1c(F)cc(F)cc1Br. The van der Waals surface area contributed by atoms with E-state index in [1.807, 2.05) is 13.8 Å². The molecule has 0 aliphatic heterocycles. The van der Waals surface area contributed by atoms with Gasteiger partial charge in [-0.1, -0.05) is 26.7 Å². The maximum absolute atomic E-state index is 13.7. The molecule has 114 valence electrons. The van der Waals surface area contributed by atoms with Gasteiger partial charge in [0.25, 0.3) is 0 Å². The smallest absolute Gasteiger partial charge is 0.208 e. The molecule has 3 nitrogen and oxygen atoms in total. The molecule has 1 unspecified atom stereocenters. The highest BCUT2D eigenvalue weighted by Crippen LogP contribution is 2.27. The standard InChI is InChI=1S/C13H18BrF2NO2S/c1-4-9(5-2)8(3)17-20(18,19)13-11(14)6-10(15)7-12(13)16/h6-9,17H,4-5H2,1-3H3. The van der Waals surface area contributed by atoms with Crippen LogP contribution >= 0.6 is 15.9 Å². The minimum absolute atomic E-state index is 0.126. The van der Waals surface area contributed by atoms with E-state index in [1.165, 1.54) is 0 Å². The van der Waals surface area contributed by atoms with Crippen molar-refractivity contribution in [3.63, 3.8) is 0 Å². The van der Waals surface area contributed by atoms with Gasteiger partial charge in [0.1, 0.15) is 16.5 Å². The van der Waals surface area contributed by atoms with Gasteiger partial charge in [-0.25, -0.2) is 21.9 Å². The lowest BCUT2D eigenvalue weighted by atomic mass is 9.96. The highest BCUT2D eigenvalue weighted by molar-refractivity contribution is 9.10. The van der Waals surface area contributed by atoms with Crippen LogP contribution in [-0.2, 0) is 10.0 Å². The maximum Gasteiger partial charge on any atom is 0.244 e. The summed E-state index contributed by atoms with van der Waals surface area (Å²) < 4.78 is 53.5. The Morgan fingerprint density at radius 1 is 1.25 bits per heavy atom. The fourth-order valence-corrected chi connectivity index (χ4v) is 4.66. The van der Waals surface area contributed by atoms with Gasteiger partial charge in [-0.15, -0.1) is 0 Å². The van der Waals surface area contributed by atoms with E-state index in [0.29, 0.717) is 6.07 Å². The molecule has 1 aromatic rings. The molecule has 0 heterocycles. The maximum atomic E-state index is 13.7. The van der Waals surface area contributed by atoms with Gasteiger partial charge in [0, 0.05) is 16.6 Å². The zero-order valence-electron chi connectivity index (χ0n) is 11.6. The molecular formula is C13H18BrF2NO2S. The molecule has 7 heteroatoms. The molecule has 0 spiro atoms. The summed E-state index contributed by atoms with van der Waals surface area (Å²) in [6.45, 7) is 5.67. The molecule has 1 N–H and O–H groups in total. The van der Waals surface area contributed by atoms with Crippen molar-refractivity contribution in [1.29, 1.82) is 0 Å². The van der Waals surface area contributed by atoms with Crippen LogP contribution in [0.5, 0.6) is 0 Å². The number of nitrogens with one attached hydrogen (secondary N) is 1. The first kappa shape index (κ1) is 17.5. The Labute approximate surface area is 126 Å². The van der Waals surface area contributed by atoms with Gasteiger partial charge in [0.05, 0.1) is 0 Å². The second-order valence-electron chi connectivity index (χ2n) is 4.69. The van der Waals surface area contributed by atoms with Crippen LogP contribution in [0.25, 0.3) is 0 Å². The molecule has 0 radical (unpaired) electrons. The number of hydrogen-bond donors (Lipinski definition) is 1. The van der Waals surface area contributed by atoms with Crippen LogP contribution in [0.4, 0.5) is 8.78 Å². The Morgan fingerprint density at radius 3 is 2.25 bits per heavy atom. The normalized spacial score (nSPS) is 13.8. The first-order valence-corrected chi connectivity index (χ1v) is 8.67. The highest BCUT2D eigenvalue weighted by Gasteiger charge is 2.27. The molecule has 0 saturated carbocycles. The monoisotopic (exact) mass is 369 g/mol. The molecular weight excluding hydrogens is 352 g/mol. The predicted molar refractivity (Wildman–Crippen MR) is 77.9 cm³/mol. The third kappa shape index (κ3) is 3.99. The van der Waals surface area contributed by atoms with Crippen LogP contribution in [0, 0.1) is 17.6 Å². The molecule has 0 amide bonds. The van der Waals surface area contributed by atoms with E-state index >= 15 is 0 Å². The Balaban J connectivity index is 3.12. The molecule has 0 bridgehead atoms. The zero-order chi connectivity index (χ0) is 15.5. The Bertz CT molecular complexity index is 551.